The summed E-state index contributed by atoms with van der Waals surface area (Å²) in [5.74, 6) is 2.71. The average molecular weight is 363 g/mol. The Morgan fingerprint density at radius 3 is 2.83 bits per heavy atom. The van der Waals surface area contributed by atoms with Gasteiger partial charge in [-0.1, -0.05) is 19.3 Å². The van der Waals surface area contributed by atoms with E-state index in [1.165, 1.54) is 25.7 Å². The van der Waals surface area contributed by atoms with E-state index in [0.29, 0.717) is 6.54 Å². The molecule has 4 nitrogen and oxygen atoms in total. The van der Waals surface area contributed by atoms with Crippen LogP contribution in [-0.4, -0.2) is 19.6 Å². The van der Waals surface area contributed by atoms with Gasteiger partial charge in [0.2, 0.25) is 0 Å². The highest BCUT2D eigenvalue weighted by molar-refractivity contribution is 14.0. The summed E-state index contributed by atoms with van der Waals surface area (Å²) in [4.78, 5) is 4.18. The Kier molecular flexibility index (Phi) is 7.15. The lowest BCUT2D eigenvalue weighted by Gasteiger charge is -2.25. The minimum atomic E-state index is 0. The zero-order valence-corrected chi connectivity index (χ0v) is 13.1. The van der Waals surface area contributed by atoms with E-state index in [9.17, 15) is 0 Å². The van der Waals surface area contributed by atoms with E-state index >= 15 is 0 Å². The molecule has 0 spiro atoms. The molecular weight excluding hydrogens is 341 g/mol. The van der Waals surface area contributed by atoms with Crippen LogP contribution in [0.15, 0.2) is 27.8 Å². The van der Waals surface area contributed by atoms with Crippen LogP contribution in [0.2, 0.25) is 0 Å². The third-order valence-corrected chi connectivity index (χ3v) is 3.30. The summed E-state index contributed by atoms with van der Waals surface area (Å²) >= 11 is 0. The third kappa shape index (κ3) is 4.88. The van der Waals surface area contributed by atoms with E-state index in [-0.39, 0.29) is 24.0 Å². The largest absolute Gasteiger partial charge is 0.467 e. The highest BCUT2D eigenvalue weighted by atomic mass is 127. The molecule has 1 saturated carbocycles. The van der Waals surface area contributed by atoms with E-state index < -0.39 is 0 Å². The molecule has 2 N–H and O–H groups in total. The van der Waals surface area contributed by atoms with Gasteiger partial charge in [-0.3, -0.25) is 4.99 Å². The van der Waals surface area contributed by atoms with Crippen molar-refractivity contribution in [3.05, 3.63) is 24.2 Å². The SMILES string of the molecule is CN=C(NCCC1CCC1)NCc1ccco1.I. The fourth-order valence-corrected chi connectivity index (χ4v) is 1.98. The van der Waals surface area contributed by atoms with E-state index in [1.54, 1.807) is 13.3 Å². The molecule has 0 saturated heterocycles. The predicted molar refractivity (Wildman–Crippen MR) is 84.3 cm³/mol. The van der Waals surface area contributed by atoms with Gasteiger partial charge in [-0.2, -0.15) is 0 Å². The highest BCUT2D eigenvalue weighted by Gasteiger charge is 2.16. The second-order valence-electron chi connectivity index (χ2n) is 4.52. The molecule has 0 unspecified atom stereocenters. The number of hydrogen-bond acceptors (Lipinski definition) is 2. The van der Waals surface area contributed by atoms with Gasteiger partial charge in [-0.15, -0.1) is 24.0 Å². The average Bonchev–Trinajstić information content (AvgIpc) is 2.78. The number of halogens is 1. The molecular formula is C13H22IN3O. The molecule has 0 bridgehead atoms. The molecule has 1 aromatic rings. The summed E-state index contributed by atoms with van der Waals surface area (Å²) in [6.07, 6.45) is 7.15. The molecule has 0 radical (unpaired) electrons. The molecule has 1 aliphatic carbocycles. The van der Waals surface area contributed by atoms with E-state index in [2.05, 4.69) is 15.6 Å². The second-order valence-corrected chi connectivity index (χ2v) is 4.52. The first-order valence-electron chi connectivity index (χ1n) is 6.35. The smallest absolute Gasteiger partial charge is 0.191 e. The summed E-state index contributed by atoms with van der Waals surface area (Å²) in [7, 11) is 1.79. The molecule has 1 heterocycles. The van der Waals surface area contributed by atoms with Crippen LogP contribution in [0, 0.1) is 5.92 Å². The standard InChI is InChI=1S/C13H21N3O.HI/c1-14-13(15-8-7-11-4-2-5-11)16-10-12-6-3-9-17-12;/h3,6,9,11H,2,4-5,7-8,10H2,1H3,(H2,14,15,16);1H. The summed E-state index contributed by atoms with van der Waals surface area (Å²) < 4.78 is 5.25. The van der Waals surface area contributed by atoms with Gasteiger partial charge < -0.3 is 15.1 Å². The molecule has 1 aliphatic rings. The van der Waals surface area contributed by atoms with Crippen LogP contribution in [0.3, 0.4) is 0 Å². The highest BCUT2D eigenvalue weighted by Crippen LogP contribution is 2.28. The Balaban J connectivity index is 0.00000162. The van der Waals surface area contributed by atoms with Crippen molar-refractivity contribution >= 4 is 29.9 Å². The molecule has 0 amide bonds. The number of rotatable bonds is 5. The Hall–Kier alpha value is -0.720. The lowest BCUT2D eigenvalue weighted by molar-refractivity contribution is 0.296. The van der Waals surface area contributed by atoms with Gasteiger partial charge in [0.05, 0.1) is 12.8 Å². The van der Waals surface area contributed by atoms with Gasteiger partial charge >= 0.3 is 0 Å². The van der Waals surface area contributed by atoms with Crippen molar-refractivity contribution in [2.75, 3.05) is 13.6 Å². The summed E-state index contributed by atoms with van der Waals surface area (Å²) in [5.41, 5.74) is 0. The number of hydrogen-bond donors (Lipinski definition) is 2. The Labute approximate surface area is 126 Å². The maximum atomic E-state index is 5.25. The topological polar surface area (TPSA) is 49.6 Å². The van der Waals surface area contributed by atoms with Crippen molar-refractivity contribution in [3.63, 3.8) is 0 Å². The van der Waals surface area contributed by atoms with Crippen molar-refractivity contribution in [1.29, 1.82) is 0 Å². The van der Waals surface area contributed by atoms with Crippen LogP contribution < -0.4 is 10.6 Å². The van der Waals surface area contributed by atoms with E-state index in [4.69, 9.17) is 4.42 Å². The lowest BCUT2D eigenvalue weighted by atomic mass is 9.83. The number of nitrogens with one attached hydrogen (secondary N) is 2. The molecule has 102 valence electrons. The van der Waals surface area contributed by atoms with Crippen molar-refractivity contribution in [1.82, 2.24) is 10.6 Å². The number of aliphatic imine (C=N–C) groups is 1. The van der Waals surface area contributed by atoms with Crippen molar-refractivity contribution in [2.45, 2.75) is 32.2 Å². The van der Waals surface area contributed by atoms with Crippen LogP contribution in [0.5, 0.6) is 0 Å². The van der Waals surface area contributed by atoms with Gasteiger partial charge in [0, 0.05) is 13.6 Å². The molecule has 2 rings (SSSR count). The molecule has 1 aromatic heterocycles. The summed E-state index contributed by atoms with van der Waals surface area (Å²) in [6, 6.07) is 3.85. The Morgan fingerprint density at radius 2 is 2.28 bits per heavy atom. The molecule has 5 heteroatoms. The first kappa shape index (κ1) is 15.3. The van der Waals surface area contributed by atoms with Gasteiger partial charge in [0.25, 0.3) is 0 Å². The lowest BCUT2D eigenvalue weighted by Crippen LogP contribution is -2.38. The minimum Gasteiger partial charge on any atom is -0.467 e. The molecule has 0 aromatic carbocycles. The summed E-state index contributed by atoms with van der Waals surface area (Å²) in [5, 5.41) is 6.55. The first-order chi connectivity index (χ1) is 8.38. The number of furan rings is 1. The van der Waals surface area contributed by atoms with Crippen LogP contribution in [0.25, 0.3) is 0 Å². The fraction of sp³-hybridized carbons (Fsp3) is 0.615. The molecule has 1 fully saturated rings. The van der Waals surface area contributed by atoms with E-state index in [0.717, 1.165) is 24.2 Å². The van der Waals surface area contributed by atoms with Gasteiger partial charge in [0.1, 0.15) is 5.76 Å². The van der Waals surface area contributed by atoms with Crippen LogP contribution >= 0.6 is 24.0 Å². The molecule has 0 aliphatic heterocycles. The second kappa shape index (κ2) is 8.39. The Bertz CT molecular complexity index is 347. The maximum absolute atomic E-state index is 5.25. The normalized spacial score (nSPS) is 15.7. The zero-order valence-electron chi connectivity index (χ0n) is 10.8. The van der Waals surface area contributed by atoms with Gasteiger partial charge in [0.15, 0.2) is 5.96 Å². The van der Waals surface area contributed by atoms with Gasteiger partial charge in [-0.05, 0) is 24.5 Å². The maximum Gasteiger partial charge on any atom is 0.191 e. The van der Waals surface area contributed by atoms with Gasteiger partial charge in [-0.25, -0.2) is 0 Å². The number of guanidine groups is 1. The van der Waals surface area contributed by atoms with E-state index in [1.807, 2.05) is 12.1 Å². The number of nitrogens with zero attached hydrogens (tertiary/aromatic N) is 1. The van der Waals surface area contributed by atoms with Crippen molar-refractivity contribution in [2.24, 2.45) is 10.9 Å². The van der Waals surface area contributed by atoms with Crippen LogP contribution in [-0.2, 0) is 6.54 Å². The monoisotopic (exact) mass is 363 g/mol. The summed E-state index contributed by atoms with van der Waals surface area (Å²) in [6.45, 7) is 1.68. The minimum absolute atomic E-state index is 0. The zero-order chi connectivity index (χ0) is 11.9. The molecule has 0 atom stereocenters. The predicted octanol–water partition coefficient (Wildman–Crippen LogP) is 2.75. The van der Waals surface area contributed by atoms with Crippen LogP contribution in [0.4, 0.5) is 0 Å². The van der Waals surface area contributed by atoms with Crippen molar-refractivity contribution < 1.29 is 4.42 Å². The van der Waals surface area contributed by atoms with Crippen molar-refractivity contribution in [3.8, 4) is 0 Å². The first-order valence-corrected chi connectivity index (χ1v) is 6.35. The Morgan fingerprint density at radius 1 is 1.44 bits per heavy atom. The van der Waals surface area contributed by atoms with Crippen LogP contribution in [0.1, 0.15) is 31.4 Å². The quantitative estimate of drug-likeness (QED) is 0.481. The fourth-order valence-electron chi connectivity index (χ4n) is 1.98. The third-order valence-electron chi connectivity index (χ3n) is 3.30. The molecule has 18 heavy (non-hydrogen) atoms.